The Hall–Kier alpha value is -2.30. The normalized spacial score (nSPS) is 18.7. The van der Waals surface area contributed by atoms with E-state index in [1.54, 1.807) is 0 Å². The molecule has 1 saturated heterocycles. The van der Waals surface area contributed by atoms with Crippen LogP contribution in [-0.2, 0) is 14.7 Å². The van der Waals surface area contributed by atoms with E-state index in [4.69, 9.17) is 9.31 Å². The highest BCUT2D eigenvalue weighted by molar-refractivity contribution is 6.65. The summed E-state index contributed by atoms with van der Waals surface area (Å²) in [6.07, 6.45) is 0. The molecule has 0 aliphatic carbocycles. The lowest BCUT2D eigenvalue weighted by atomic mass is 9.74. The number of hydrogen-bond donors (Lipinski definition) is 1. The summed E-state index contributed by atoms with van der Waals surface area (Å²) in [5.41, 5.74) is 3.89. The molecular weight excluding hydrogens is 369 g/mol. The average molecular weight is 399 g/mol. The van der Waals surface area contributed by atoms with Gasteiger partial charge in [-0.2, -0.15) is 0 Å². The second kappa shape index (κ2) is 6.12. The lowest BCUT2D eigenvalue weighted by Gasteiger charge is -2.32. The zero-order chi connectivity index (χ0) is 21.5. The van der Waals surface area contributed by atoms with E-state index in [0.29, 0.717) is 0 Å². The Morgan fingerprint density at radius 3 is 2.00 bits per heavy atom. The van der Waals surface area contributed by atoms with Crippen molar-refractivity contribution in [3.8, 4) is 0 Å². The molecule has 154 valence electrons. The number of rotatable bonds is 1. The number of benzene rings is 3. The van der Waals surface area contributed by atoms with Crippen LogP contribution in [0, 0.1) is 0 Å². The molecule has 0 bridgehead atoms. The number of nitrogens with one attached hydrogen (secondary N) is 1. The topological polar surface area (TPSA) is 34.2 Å². The van der Waals surface area contributed by atoms with Gasteiger partial charge in [-0.05, 0) is 67.6 Å². The van der Waals surface area contributed by atoms with Crippen LogP contribution in [0.5, 0.6) is 0 Å². The number of H-pyrrole nitrogens is 1. The molecule has 1 fully saturated rings. The summed E-state index contributed by atoms with van der Waals surface area (Å²) in [4.78, 5) is 3.69. The summed E-state index contributed by atoms with van der Waals surface area (Å²) in [5.74, 6) is 0. The van der Waals surface area contributed by atoms with Crippen molar-refractivity contribution in [3.63, 3.8) is 0 Å². The van der Waals surface area contributed by atoms with Crippen molar-refractivity contribution in [2.75, 3.05) is 0 Å². The lowest BCUT2D eigenvalue weighted by molar-refractivity contribution is 0.00578. The maximum Gasteiger partial charge on any atom is 0.497 e. The van der Waals surface area contributed by atoms with Gasteiger partial charge in [0.25, 0.3) is 0 Å². The number of hydrogen-bond acceptors (Lipinski definition) is 2. The molecule has 0 saturated carbocycles. The minimum atomic E-state index is -0.401. The Balaban J connectivity index is 1.82. The molecule has 0 amide bonds. The van der Waals surface area contributed by atoms with Crippen molar-refractivity contribution < 1.29 is 9.31 Å². The van der Waals surface area contributed by atoms with Gasteiger partial charge in [0.2, 0.25) is 0 Å². The van der Waals surface area contributed by atoms with E-state index in [0.717, 1.165) is 16.5 Å². The van der Waals surface area contributed by atoms with Gasteiger partial charge in [-0.1, -0.05) is 51.1 Å². The maximum absolute atomic E-state index is 6.46. The first-order valence-corrected chi connectivity index (χ1v) is 10.8. The third kappa shape index (κ3) is 2.89. The molecule has 30 heavy (non-hydrogen) atoms. The summed E-state index contributed by atoms with van der Waals surface area (Å²) >= 11 is 0. The van der Waals surface area contributed by atoms with Gasteiger partial charge in [-0.15, -0.1) is 0 Å². The standard InChI is InChI=1S/C26H30BNO2/c1-24(2,3)18-14-20-19-12-16-10-8-9-11-17(16)13-22(19)28-23(20)21(15-18)27-29-25(4,5)26(6,7)30-27/h8-15,28H,1-7H3. The molecule has 0 spiro atoms. The first-order chi connectivity index (χ1) is 14.0. The van der Waals surface area contributed by atoms with Crippen LogP contribution in [0.15, 0.2) is 48.5 Å². The van der Waals surface area contributed by atoms with Gasteiger partial charge in [0.1, 0.15) is 0 Å². The van der Waals surface area contributed by atoms with Gasteiger partial charge in [0, 0.05) is 27.3 Å². The van der Waals surface area contributed by atoms with Crippen LogP contribution >= 0.6 is 0 Å². The monoisotopic (exact) mass is 399 g/mol. The Bertz CT molecular complexity index is 1280. The molecule has 0 atom stereocenters. The molecule has 3 nitrogen and oxygen atoms in total. The van der Waals surface area contributed by atoms with Crippen molar-refractivity contribution in [1.82, 2.24) is 4.98 Å². The first-order valence-electron chi connectivity index (χ1n) is 10.8. The molecule has 0 unspecified atom stereocenters. The van der Waals surface area contributed by atoms with Crippen LogP contribution in [-0.4, -0.2) is 23.3 Å². The van der Waals surface area contributed by atoms with E-state index in [-0.39, 0.29) is 16.6 Å². The highest BCUT2D eigenvalue weighted by Gasteiger charge is 2.52. The molecule has 1 N–H and O–H groups in total. The largest absolute Gasteiger partial charge is 0.497 e. The molecule has 0 radical (unpaired) electrons. The zero-order valence-electron chi connectivity index (χ0n) is 19.0. The van der Waals surface area contributed by atoms with Gasteiger partial charge < -0.3 is 14.3 Å². The fourth-order valence-electron chi connectivity index (χ4n) is 4.31. The summed E-state index contributed by atoms with van der Waals surface area (Å²) in [6, 6.07) is 17.7. The average Bonchev–Trinajstić information content (AvgIpc) is 3.11. The quantitative estimate of drug-likeness (QED) is 0.394. The van der Waals surface area contributed by atoms with Crippen molar-refractivity contribution in [2.45, 2.75) is 65.1 Å². The molecule has 5 rings (SSSR count). The summed E-state index contributed by atoms with van der Waals surface area (Å²) < 4.78 is 12.9. The molecule has 3 aromatic carbocycles. The molecule has 4 aromatic rings. The molecule has 4 heteroatoms. The number of aromatic amines is 1. The van der Waals surface area contributed by atoms with E-state index in [9.17, 15) is 0 Å². The first kappa shape index (κ1) is 19.7. The zero-order valence-corrected chi connectivity index (χ0v) is 19.0. The van der Waals surface area contributed by atoms with E-state index >= 15 is 0 Å². The second-order valence-corrected chi connectivity index (χ2v) is 10.7. The van der Waals surface area contributed by atoms with Crippen LogP contribution < -0.4 is 5.46 Å². The van der Waals surface area contributed by atoms with Gasteiger partial charge in [-0.3, -0.25) is 0 Å². The lowest BCUT2D eigenvalue weighted by Crippen LogP contribution is -2.41. The molecule has 1 aliphatic rings. The van der Waals surface area contributed by atoms with Crippen molar-refractivity contribution in [2.24, 2.45) is 0 Å². The van der Waals surface area contributed by atoms with Crippen molar-refractivity contribution in [3.05, 3.63) is 54.1 Å². The SMILES string of the molecule is CC(C)(C)c1cc(B2OC(C)(C)C(C)(C)O2)c2[nH]c3cc4ccccc4cc3c2c1. The van der Waals surface area contributed by atoms with E-state index < -0.39 is 7.12 Å². The van der Waals surface area contributed by atoms with Crippen molar-refractivity contribution >= 4 is 45.2 Å². The number of fused-ring (bicyclic) bond motifs is 4. The van der Waals surface area contributed by atoms with Crippen LogP contribution in [0.25, 0.3) is 32.6 Å². The third-order valence-electron chi connectivity index (χ3n) is 6.98. The molecule has 1 aliphatic heterocycles. The fraction of sp³-hybridized carbons (Fsp3) is 0.385. The maximum atomic E-state index is 6.46. The van der Waals surface area contributed by atoms with E-state index in [1.165, 1.54) is 27.1 Å². The Kier molecular flexibility index (Phi) is 4.01. The van der Waals surface area contributed by atoms with Gasteiger partial charge in [-0.25, -0.2) is 0 Å². The summed E-state index contributed by atoms with van der Waals surface area (Å²) in [5, 5.41) is 4.97. The van der Waals surface area contributed by atoms with Crippen LogP contribution in [0.4, 0.5) is 0 Å². The second-order valence-electron chi connectivity index (χ2n) is 10.7. The highest BCUT2D eigenvalue weighted by atomic mass is 16.7. The summed E-state index contributed by atoms with van der Waals surface area (Å²) in [6.45, 7) is 15.2. The Labute approximate surface area is 178 Å². The van der Waals surface area contributed by atoms with Gasteiger partial charge >= 0.3 is 7.12 Å². The predicted molar refractivity (Wildman–Crippen MR) is 128 cm³/mol. The molecular formula is C26H30BNO2. The smallest absolute Gasteiger partial charge is 0.399 e. The fourth-order valence-corrected chi connectivity index (χ4v) is 4.31. The molecule has 2 heterocycles. The third-order valence-corrected chi connectivity index (χ3v) is 6.98. The Morgan fingerprint density at radius 2 is 1.40 bits per heavy atom. The predicted octanol–water partition coefficient (Wildman–Crippen LogP) is 6.07. The van der Waals surface area contributed by atoms with Crippen molar-refractivity contribution in [1.29, 1.82) is 0 Å². The van der Waals surface area contributed by atoms with Crippen LogP contribution in [0.1, 0.15) is 54.0 Å². The highest BCUT2D eigenvalue weighted by Crippen LogP contribution is 2.38. The van der Waals surface area contributed by atoms with Gasteiger partial charge in [0.05, 0.1) is 11.2 Å². The van der Waals surface area contributed by atoms with E-state index in [2.05, 4.69) is 102 Å². The molecule has 1 aromatic heterocycles. The van der Waals surface area contributed by atoms with Gasteiger partial charge in [0.15, 0.2) is 0 Å². The Morgan fingerprint density at radius 1 is 0.800 bits per heavy atom. The van der Waals surface area contributed by atoms with Crippen LogP contribution in [0.2, 0.25) is 0 Å². The summed E-state index contributed by atoms with van der Waals surface area (Å²) in [7, 11) is -0.401. The minimum Gasteiger partial charge on any atom is -0.399 e. The minimum absolute atomic E-state index is 0.0209. The van der Waals surface area contributed by atoms with Crippen LogP contribution in [0.3, 0.4) is 0 Å². The number of aromatic nitrogens is 1. The van der Waals surface area contributed by atoms with E-state index in [1.807, 2.05) is 0 Å².